The first kappa shape index (κ1) is 13.2. The van der Waals surface area contributed by atoms with Gasteiger partial charge in [0.15, 0.2) is 0 Å². The van der Waals surface area contributed by atoms with Crippen molar-refractivity contribution in [3.05, 3.63) is 0 Å². The van der Waals surface area contributed by atoms with Gasteiger partial charge in [0.25, 0.3) is 5.97 Å². The highest BCUT2D eigenvalue weighted by Crippen LogP contribution is 1.77. The van der Waals surface area contributed by atoms with E-state index < -0.39 is 17.7 Å². The van der Waals surface area contributed by atoms with Crippen molar-refractivity contribution in [1.82, 2.24) is 0 Å². The zero-order valence-corrected chi connectivity index (χ0v) is 7.29. The number of carbonyl (C=O) groups excluding carboxylic acids is 2. The molecule has 0 unspecified atom stereocenters. The number of carbonyl (C=O) groups is 3. The minimum Gasteiger partial charge on any atom is -0.481 e. The van der Waals surface area contributed by atoms with Crippen molar-refractivity contribution in [2.75, 3.05) is 6.61 Å². The average molecular weight is 176 g/mol. The molecular weight excluding hydrogens is 164 g/mol. The second-order valence-electron chi connectivity index (χ2n) is 1.80. The van der Waals surface area contributed by atoms with Crippen LogP contribution in [0.15, 0.2) is 0 Å². The molecule has 0 rings (SSSR count). The average Bonchev–Trinajstić information content (AvgIpc) is 1.86. The van der Waals surface area contributed by atoms with E-state index in [1.165, 1.54) is 6.92 Å². The van der Waals surface area contributed by atoms with Crippen LogP contribution in [0.3, 0.4) is 0 Å². The minimum absolute atomic E-state index is 0.262. The summed E-state index contributed by atoms with van der Waals surface area (Å²) in [6.45, 7) is 4.18. The van der Waals surface area contributed by atoms with Crippen molar-refractivity contribution in [2.45, 2.75) is 20.8 Å². The van der Waals surface area contributed by atoms with Crippen molar-refractivity contribution >= 4 is 17.7 Å². The van der Waals surface area contributed by atoms with Crippen LogP contribution in [0.5, 0.6) is 0 Å². The van der Waals surface area contributed by atoms with Gasteiger partial charge < -0.3 is 9.84 Å². The van der Waals surface area contributed by atoms with Crippen molar-refractivity contribution in [3.8, 4) is 0 Å². The quantitative estimate of drug-likeness (QED) is 0.481. The molecule has 0 aromatic carbocycles. The van der Waals surface area contributed by atoms with Gasteiger partial charge in [-0.1, -0.05) is 0 Å². The standard InChI is InChI=1S/C5H8O3.C2H4O2/c1-3-8-5(7)4(2)6;1-2(3)4/h3H2,1-2H3;1H3,(H,3,4). The van der Waals surface area contributed by atoms with Gasteiger partial charge in [0.2, 0.25) is 5.78 Å². The SMILES string of the molecule is CC(=O)O.CCOC(=O)C(C)=O. The fraction of sp³-hybridized carbons (Fsp3) is 0.571. The third-order valence-corrected chi connectivity index (χ3v) is 0.563. The maximum absolute atomic E-state index is 10.2. The maximum atomic E-state index is 10.2. The fourth-order valence-electron chi connectivity index (χ4n) is 0.233. The Bertz CT molecular complexity index is 169. The third-order valence-electron chi connectivity index (χ3n) is 0.563. The molecule has 0 aliphatic carbocycles. The Balaban J connectivity index is 0. The van der Waals surface area contributed by atoms with Crippen LogP contribution in [0.4, 0.5) is 0 Å². The lowest BCUT2D eigenvalue weighted by molar-refractivity contribution is -0.152. The van der Waals surface area contributed by atoms with Gasteiger partial charge >= 0.3 is 5.97 Å². The van der Waals surface area contributed by atoms with Crippen LogP contribution < -0.4 is 0 Å². The molecule has 5 heteroatoms. The molecule has 0 aromatic heterocycles. The van der Waals surface area contributed by atoms with Crippen LogP contribution in [0, 0.1) is 0 Å². The minimum atomic E-state index is -0.833. The van der Waals surface area contributed by atoms with Crippen LogP contribution in [0.1, 0.15) is 20.8 Å². The summed E-state index contributed by atoms with van der Waals surface area (Å²) < 4.78 is 4.31. The Morgan fingerprint density at radius 1 is 1.25 bits per heavy atom. The molecule has 0 spiro atoms. The summed E-state index contributed by atoms with van der Waals surface area (Å²) in [5, 5.41) is 7.42. The number of carboxylic acid groups (broad SMARTS) is 1. The molecule has 0 heterocycles. The highest BCUT2D eigenvalue weighted by atomic mass is 16.5. The fourth-order valence-corrected chi connectivity index (χ4v) is 0.233. The van der Waals surface area contributed by atoms with E-state index in [2.05, 4.69) is 4.74 Å². The first-order chi connectivity index (χ1) is 5.41. The summed E-state index contributed by atoms with van der Waals surface area (Å²) in [7, 11) is 0. The zero-order valence-electron chi connectivity index (χ0n) is 7.29. The Kier molecular flexibility index (Phi) is 8.50. The molecule has 12 heavy (non-hydrogen) atoms. The monoisotopic (exact) mass is 176 g/mol. The van der Waals surface area contributed by atoms with Crippen LogP contribution in [-0.4, -0.2) is 29.4 Å². The van der Waals surface area contributed by atoms with Gasteiger partial charge in [0, 0.05) is 13.8 Å². The van der Waals surface area contributed by atoms with Gasteiger partial charge in [0.1, 0.15) is 0 Å². The highest BCUT2D eigenvalue weighted by molar-refractivity contribution is 6.32. The molecule has 0 atom stereocenters. The predicted molar refractivity (Wildman–Crippen MR) is 40.6 cm³/mol. The summed E-state index contributed by atoms with van der Waals surface area (Å²) in [5.74, 6) is -2.14. The molecular formula is C7H12O5. The number of ether oxygens (including phenoxy) is 1. The molecule has 0 fully saturated rings. The van der Waals surface area contributed by atoms with Crippen LogP contribution in [0.2, 0.25) is 0 Å². The van der Waals surface area contributed by atoms with Gasteiger partial charge in [-0.05, 0) is 6.92 Å². The lowest BCUT2D eigenvalue weighted by Crippen LogP contribution is -2.12. The smallest absolute Gasteiger partial charge is 0.374 e. The Labute approximate surface area is 70.3 Å². The number of aliphatic carboxylic acids is 1. The van der Waals surface area contributed by atoms with Crippen LogP contribution in [-0.2, 0) is 19.1 Å². The molecule has 0 radical (unpaired) electrons. The summed E-state index contributed by atoms with van der Waals surface area (Å²) in [6.07, 6.45) is 0. The van der Waals surface area contributed by atoms with Gasteiger partial charge in [-0.15, -0.1) is 0 Å². The summed E-state index contributed by atoms with van der Waals surface area (Å²) in [5.41, 5.74) is 0. The van der Waals surface area contributed by atoms with Crippen LogP contribution in [0.25, 0.3) is 0 Å². The predicted octanol–water partition coefficient (Wildman–Crippen LogP) is 0.229. The normalized spacial score (nSPS) is 7.58. The number of rotatable bonds is 2. The van der Waals surface area contributed by atoms with E-state index >= 15 is 0 Å². The van der Waals surface area contributed by atoms with E-state index in [9.17, 15) is 9.59 Å². The first-order valence-corrected chi connectivity index (χ1v) is 3.29. The van der Waals surface area contributed by atoms with Crippen LogP contribution >= 0.6 is 0 Å². The maximum Gasteiger partial charge on any atom is 0.374 e. The van der Waals surface area contributed by atoms with Crippen molar-refractivity contribution < 1.29 is 24.2 Å². The molecule has 5 nitrogen and oxygen atoms in total. The second-order valence-corrected chi connectivity index (χ2v) is 1.80. The van der Waals surface area contributed by atoms with E-state index in [0.717, 1.165) is 6.92 Å². The lowest BCUT2D eigenvalue weighted by atomic mass is 10.5. The summed E-state index contributed by atoms with van der Waals surface area (Å²) in [4.78, 5) is 29.2. The lowest BCUT2D eigenvalue weighted by Gasteiger charge is -1.93. The van der Waals surface area contributed by atoms with E-state index in [1.807, 2.05) is 0 Å². The number of ketones is 1. The Morgan fingerprint density at radius 2 is 1.58 bits per heavy atom. The second kappa shape index (κ2) is 7.71. The molecule has 0 saturated heterocycles. The van der Waals surface area contributed by atoms with Gasteiger partial charge in [-0.3, -0.25) is 9.59 Å². The molecule has 0 aromatic rings. The highest BCUT2D eigenvalue weighted by Gasteiger charge is 2.05. The Morgan fingerprint density at radius 3 is 1.67 bits per heavy atom. The van der Waals surface area contributed by atoms with E-state index in [-0.39, 0.29) is 6.61 Å². The third kappa shape index (κ3) is 15.8. The van der Waals surface area contributed by atoms with Crippen molar-refractivity contribution in [2.24, 2.45) is 0 Å². The number of carboxylic acids is 1. The number of hydrogen-bond acceptors (Lipinski definition) is 4. The Hall–Kier alpha value is -1.39. The van der Waals surface area contributed by atoms with Gasteiger partial charge in [-0.25, -0.2) is 4.79 Å². The molecule has 0 aliphatic heterocycles. The molecule has 70 valence electrons. The summed E-state index contributed by atoms with van der Waals surface area (Å²) in [6, 6.07) is 0. The largest absolute Gasteiger partial charge is 0.481 e. The van der Waals surface area contributed by atoms with Crippen molar-refractivity contribution in [3.63, 3.8) is 0 Å². The van der Waals surface area contributed by atoms with E-state index in [0.29, 0.717) is 0 Å². The molecule has 1 N–H and O–H groups in total. The number of hydrogen-bond donors (Lipinski definition) is 1. The molecule has 0 bridgehead atoms. The zero-order chi connectivity index (χ0) is 10.1. The number of esters is 1. The number of Topliss-reactive ketones (excluding diaryl/α,β-unsaturated/α-hetero) is 1. The summed E-state index contributed by atoms with van der Waals surface area (Å²) >= 11 is 0. The van der Waals surface area contributed by atoms with Gasteiger partial charge in [-0.2, -0.15) is 0 Å². The van der Waals surface area contributed by atoms with E-state index in [4.69, 9.17) is 9.90 Å². The first-order valence-electron chi connectivity index (χ1n) is 3.29. The van der Waals surface area contributed by atoms with E-state index in [1.54, 1.807) is 6.92 Å². The molecule has 0 aliphatic rings. The topological polar surface area (TPSA) is 80.7 Å². The van der Waals surface area contributed by atoms with Gasteiger partial charge in [0.05, 0.1) is 6.61 Å². The molecule has 0 saturated carbocycles. The molecule has 0 amide bonds. The van der Waals surface area contributed by atoms with Crippen molar-refractivity contribution in [1.29, 1.82) is 0 Å².